The largest absolute Gasteiger partial charge is 0.394 e. The van der Waals surface area contributed by atoms with Gasteiger partial charge in [0, 0.05) is 23.7 Å². The Kier molecular flexibility index (Phi) is 6.47. The summed E-state index contributed by atoms with van der Waals surface area (Å²) in [6.07, 6.45) is 2.03. The Labute approximate surface area is 207 Å². The van der Waals surface area contributed by atoms with Gasteiger partial charge in [0.15, 0.2) is 51.0 Å². The van der Waals surface area contributed by atoms with Crippen molar-refractivity contribution in [3.8, 4) is 0 Å². The summed E-state index contributed by atoms with van der Waals surface area (Å²) < 4.78 is 65.6. The number of ketones is 1. The number of benzene rings is 1. The highest BCUT2D eigenvalue weighted by Crippen LogP contribution is 2.34. The van der Waals surface area contributed by atoms with Crippen molar-refractivity contribution >= 4 is 40.0 Å². The number of azide groups is 1. The van der Waals surface area contributed by atoms with Crippen molar-refractivity contribution < 1.29 is 37.3 Å². The van der Waals surface area contributed by atoms with Gasteiger partial charge >= 0.3 is 0 Å². The van der Waals surface area contributed by atoms with Gasteiger partial charge in [-0.25, -0.2) is 32.5 Å². The third kappa shape index (κ3) is 4.06. The molecule has 1 saturated heterocycles. The van der Waals surface area contributed by atoms with Crippen LogP contribution >= 0.6 is 11.8 Å². The Morgan fingerprint density at radius 1 is 1.22 bits per heavy atom. The number of aliphatic hydroxyl groups is 2. The van der Waals surface area contributed by atoms with Gasteiger partial charge in [-0.3, -0.25) is 13.8 Å². The molecule has 0 aliphatic carbocycles. The lowest BCUT2D eigenvalue weighted by molar-refractivity contribution is -0.0432. The van der Waals surface area contributed by atoms with Gasteiger partial charge in [0.05, 0.1) is 30.4 Å². The minimum absolute atomic E-state index is 0.125. The van der Waals surface area contributed by atoms with Crippen LogP contribution in [0.5, 0.6) is 0 Å². The molecular weight excluding hydrogens is 524 g/mol. The maximum Gasteiger partial charge on any atom is 0.179 e. The molecule has 3 aromatic heterocycles. The highest BCUT2D eigenvalue weighted by molar-refractivity contribution is 7.99. The summed E-state index contributed by atoms with van der Waals surface area (Å²) in [5.74, 6) is -9.94. The summed E-state index contributed by atoms with van der Waals surface area (Å²) >= 11 is 0.707. The van der Waals surface area contributed by atoms with Crippen LogP contribution in [0.3, 0.4) is 0 Å². The van der Waals surface area contributed by atoms with Crippen LogP contribution in [0.4, 0.5) is 23.2 Å². The minimum Gasteiger partial charge on any atom is -0.394 e. The van der Waals surface area contributed by atoms with Crippen molar-refractivity contribution in [1.29, 1.82) is 0 Å². The molecule has 4 heterocycles. The monoisotopic (exact) mass is 538 g/mol. The molecule has 192 valence electrons. The molecule has 3 atom stereocenters. The number of aromatic nitrogens is 5. The second-order valence-corrected chi connectivity index (χ2v) is 8.78. The molecule has 1 aromatic carbocycles. The van der Waals surface area contributed by atoms with Crippen LogP contribution in [-0.4, -0.2) is 64.5 Å². The summed E-state index contributed by atoms with van der Waals surface area (Å²) in [4.78, 5) is 27.7. The van der Waals surface area contributed by atoms with Crippen molar-refractivity contribution in [2.24, 2.45) is 5.11 Å². The van der Waals surface area contributed by atoms with E-state index in [4.69, 9.17) is 10.3 Å². The molecule has 37 heavy (non-hydrogen) atoms. The highest BCUT2D eigenvalue weighted by atomic mass is 32.2. The number of rotatable bonds is 7. The SMILES string of the molecule is [N-]=[N+]=Nc1c(F)c(F)c(C(=O)CSc2nc3c(ncn3[C@H]3C[C@H](O)[C@@H](CO)O3)c3nccn23)c(F)c1F. The summed E-state index contributed by atoms with van der Waals surface area (Å²) in [7, 11) is 0. The zero-order valence-corrected chi connectivity index (χ0v) is 19.1. The van der Waals surface area contributed by atoms with Crippen LogP contribution in [0.2, 0.25) is 0 Å². The van der Waals surface area contributed by atoms with Gasteiger partial charge in [-0.05, 0) is 5.53 Å². The fraction of sp³-hybridized carbons (Fsp3) is 0.300. The number of aliphatic hydroxyl groups excluding tert-OH is 2. The summed E-state index contributed by atoms with van der Waals surface area (Å²) in [5, 5.41) is 22.2. The van der Waals surface area contributed by atoms with Crippen molar-refractivity contribution in [3.63, 3.8) is 0 Å². The Morgan fingerprint density at radius 2 is 1.95 bits per heavy atom. The van der Waals surface area contributed by atoms with Crippen LogP contribution in [0.25, 0.3) is 27.3 Å². The molecule has 1 fully saturated rings. The van der Waals surface area contributed by atoms with Gasteiger partial charge in [-0.1, -0.05) is 16.9 Å². The fourth-order valence-electron chi connectivity index (χ4n) is 3.96. The van der Waals surface area contributed by atoms with E-state index in [1.807, 2.05) is 0 Å². The van der Waals surface area contributed by atoms with Crippen molar-refractivity contribution in [2.75, 3.05) is 12.4 Å². The standard InChI is InChI=1S/C20H14F4N8O4S/c21-12-11(13(22)15(24)16(14(12)23)29-30-25)8(35)5-37-20-28-19-17(18-26-1-2-31(18)20)27-6-32(19)10-3-7(34)9(4-33)36-10/h1-2,6-7,9-10,33-34H,3-5H2/t7-,9+,10+/m0/s1. The number of hydrogen-bond donors (Lipinski definition) is 2. The number of imidazole rings is 2. The molecule has 0 spiro atoms. The first kappa shape index (κ1) is 24.9. The molecule has 0 amide bonds. The average Bonchev–Trinajstić information content (AvgIpc) is 3.61. The third-order valence-electron chi connectivity index (χ3n) is 5.72. The van der Waals surface area contributed by atoms with Gasteiger partial charge in [0.2, 0.25) is 0 Å². The molecule has 2 N–H and O–H groups in total. The maximum atomic E-state index is 14.4. The van der Waals surface area contributed by atoms with E-state index in [0.29, 0.717) is 22.9 Å². The smallest absolute Gasteiger partial charge is 0.179 e. The van der Waals surface area contributed by atoms with Gasteiger partial charge in [-0.15, -0.1) is 0 Å². The predicted octanol–water partition coefficient (Wildman–Crippen LogP) is 3.19. The number of thioether (sulfide) groups is 1. The Bertz CT molecular complexity index is 1580. The minimum atomic E-state index is -1.99. The molecule has 0 unspecified atom stereocenters. The lowest BCUT2D eigenvalue weighted by Gasteiger charge is -2.14. The summed E-state index contributed by atoms with van der Waals surface area (Å²) in [6, 6.07) is 0. The van der Waals surface area contributed by atoms with E-state index in [0.717, 1.165) is 0 Å². The zero-order chi connectivity index (χ0) is 26.4. The number of nitrogens with zero attached hydrogens (tertiary/aromatic N) is 8. The first-order valence-electron chi connectivity index (χ1n) is 10.5. The predicted molar refractivity (Wildman–Crippen MR) is 118 cm³/mol. The second-order valence-electron chi connectivity index (χ2n) is 7.83. The van der Waals surface area contributed by atoms with Crippen molar-refractivity contribution in [2.45, 2.75) is 30.0 Å². The summed E-state index contributed by atoms with van der Waals surface area (Å²) in [5.41, 5.74) is 6.29. The molecule has 12 nitrogen and oxygen atoms in total. The van der Waals surface area contributed by atoms with Crippen molar-refractivity contribution in [3.05, 3.63) is 58.0 Å². The number of ether oxygens (including phenoxy) is 1. The fourth-order valence-corrected chi connectivity index (χ4v) is 4.80. The molecular formula is C20H14F4N8O4S. The molecule has 4 aromatic rings. The number of carbonyl (C=O) groups is 1. The molecule has 1 aliphatic heterocycles. The van der Waals surface area contributed by atoms with E-state index >= 15 is 0 Å². The van der Waals surface area contributed by atoms with Gasteiger partial charge < -0.3 is 14.9 Å². The number of fused-ring (bicyclic) bond motifs is 3. The maximum absolute atomic E-state index is 14.4. The third-order valence-corrected chi connectivity index (χ3v) is 6.67. The van der Waals surface area contributed by atoms with Crippen LogP contribution in [0, 0.1) is 23.3 Å². The molecule has 0 saturated carbocycles. The number of Topliss-reactive ketones (excluding diaryl/α,β-unsaturated/α-hetero) is 1. The van der Waals surface area contributed by atoms with Crippen LogP contribution in [0.15, 0.2) is 29.0 Å². The molecule has 17 heteroatoms. The van der Waals surface area contributed by atoms with Crippen LogP contribution in [-0.2, 0) is 4.74 Å². The van der Waals surface area contributed by atoms with E-state index in [1.54, 1.807) is 0 Å². The lowest BCUT2D eigenvalue weighted by atomic mass is 10.1. The number of carbonyl (C=O) groups excluding carboxylic acids is 1. The lowest BCUT2D eigenvalue weighted by Crippen LogP contribution is -2.24. The van der Waals surface area contributed by atoms with Gasteiger partial charge in [-0.2, -0.15) is 0 Å². The Hall–Kier alpha value is -3.76. The Morgan fingerprint density at radius 3 is 2.59 bits per heavy atom. The zero-order valence-electron chi connectivity index (χ0n) is 18.3. The quantitative estimate of drug-likeness (QED) is 0.0530. The first-order chi connectivity index (χ1) is 17.8. The normalized spacial score (nSPS) is 19.6. The van der Waals surface area contributed by atoms with E-state index in [9.17, 15) is 32.6 Å². The number of hydrogen-bond acceptors (Lipinski definition) is 9. The molecule has 0 bridgehead atoms. The van der Waals surface area contributed by atoms with E-state index < -0.39 is 71.1 Å². The topological polar surface area (TPSA) is 164 Å². The Balaban J connectivity index is 1.49. The van der Waals surface area contributed by atoms with Crippen LogP contribution < -0.4 is 0 Å². The number of halogens is 4. The molecule has 1 aliphatic rings. The van der Waals surface area contributed by atoms with E-state index in [1.165, 1.54) is 27.7 Å². The summed E-state index contributed by atoms with van der Waals surface area (Å²) in [6.45, 7) is -0.399. The first-order valence-corrected chi connectivity index (χ1v) is 11.5. The molecule has 5 rings (SSSR count). The van der Waals surface area contributed by atoms with E-state index in [2.05, 4.69) is 25.0 Å². The van der Waals surface area contributed by atoms with Crippen LogP contribution in [0.1, 0.15) is 23.0 Å². The highest BCUT2D eigenvalue weighted by Gasteiger charge is 2.36. The second kappa shape index (κ2) is 9.60. The van der Waals surface area contributed by atoms with E-state index in [-0.39, 0.29) is 17.2 Å². The molecule has 0 radical (unpaired) electrons. The van der Waals surface area contributed by atoms with Gasteiger partial charge in [0.25, 0.3) is 0 Å². The van der Waals surface area contributed by atoms with Crippen molar-refractivity contribution in [1.82, 2.24) is 23.9 Å². The average molecular weight is 538 g/mol. The van der Waals surface area contributed by atoms with Gasteiger partial charge in [0.1, 0.15) is 18.0 Å².